The van der Waals surface area contributed by atoms with Crippen molar-refractivity contribution in [2.24, 2.45) is 0 Å². The highest BCUT2D eigenvalue weighted by Gasteiger charge is 2.14. The molecule has 0 unspecified atom stereocenters. The third-order valence-corrected chi connectivity index (χ3v) is 2.50. The Balaban J connectivity index is 3.28. The quantitative estimate of drug-likeness (QED) is 0.727. The van der Waals surface area contributed by atoms with Crippen LogP contribution in [0.3, 0.4) is 0 Å². The third-order valence-electron chi connectivity index (χ3n) is 1.58. The molecule has 1 rings (SSSR count). The minimum atomic E-state index is -0.433. The third kappa shape index (κ3) is 2.23. The van der Waals surface area contributed by atoms with E-state index >= 15 is 0 Å². The van der Waals surface area contributed by atoms with Crippen molar-refractivity contribution in [1.82, 2.24) is 0 Å². The lowest BCUT2D eigenvalue weighted by Gasteiger charge is -2.05. The Hall–Kier alpha value is -0.540. The summed E-state index contributed by atoms with van der Waals surface area (Å²) in [6, 6.07) is 3.54. The molecule has 0 spiro atoms. The predicted octanol–water partition coefficient (Wildman–Crippen LogP) is 3.20. The van der Waals surface area contributed by atoms with E-state index in [9.17, 15) is 4.79 Å². The molecule has 0 saturated heterocycles. The number of aryl methyl sites for hydroxylation is 1. The van der Waals surface area contributed by atoms with Crippen molar-refractivity contribution in [2.45, 2.75) is 6.92 Å². The molecule has 1 aromatic rings. The van der Waals surface area contributed by atoms with E-state index in [0.717, 1.165) is 5.56 Å². The molecule has 70 valence electrons. The van der Waals surface area contributed by atoms with Gasteiger partial charge in [-0.1, -0.05) is 11.6 Å². The van der Waals surface area contributed by atoms with Crippen LogP contribution in [0.15, 0.2) is 16.6 Å². The summed E-state index contributed by atoms with van der Waals surface area (Å²) in [5, 5.41) is 0.402. The largest absolute Gasteiger partial charge is 0.465 e. The maximum atomic E-state index is 11.2. The molecular weight excluding hydrogens is 255 g/mol. The van der Waals surface area contributed by atoms with Crippen LogP contribution in [0, 0.1) is 6.92 Å². The summed E-state index contributed by atoms with van der Waals surface area (Å²) in [6.45, 7) is 1.90. The Kier molecular flexibility index (Phi) is 3.33. The lowest BCUT2D eigenvalue weighted by Crippen LogP contribution is -2.03. The van der Waals surface area contributed by atoms with E-state index in [1.165, 1.54) is 7.11 Å². The van der Waals surface area contributed by atoms with E-state index in [-0.39, 0.29) is 0 Å². The summed E-state index contributed by atoms with van der Waals surface area (Å²) in [5.74, 6) is -0.433. The van der Waals surface area contributed by atoms with Gasteiger partial charge in [0.1, 0.15) is 0 Å². The number of benzene rings is 1. The molecule has 0 heterocycles. The molecule has 2 nitrogen and oxygen atoms in total. The maximum Gasteiger partial charge on any atom is 0.340 e. The molecular formula is C9H8BrClO2. The second-order valence-corrected chi connectivity index (χ2v) is 3.86. The van der Waals surface area contributed by atoms with Gasteiger partial charge in [0.15, 0.2) is 0 Å². The molecule has 0 atom stereocenters. The number of methoxy groups -OCH3 is 1. The number of ether oxygens (including phenoxy) is 1. The average molecular weight is 264 g/mol. The first-order valence-corrected chi connectivity index (χ1v) is 4.77. The van der Waals surface area contributed by atoms with Crippen molar-refractivity contribution in [3.05, 3.63) is 32.8 Å². The van der Waals surface area contributed by atoms with Gasteiger partial charge in [0, 0.05) is 4.47 Å². The van der Waals surface area contributed by atoms with E-state index in [4.69, 9.17) is 11.6 Å². The van der Waals surface area contributed by atoms with Crippen LogP contribution < -0.4 is 0 Å². The van der Waals surface area contributed by atoms with Crippen molar-refractivity contribution < 1.29 is 9.53 Å². The summed E-state index contributed by atoms with van der Waals surface area (Å²) >= 11 is 9.13. The highest BCUT2D eigenvalue weighted by Crippen LogP contribution is 2.27. The Morgan fingerprint density at radius 2 is 2.15 bits per heavy atom. The molecule has 0 aromatic heterocycles. The van der Waals surface area contributed by atoms with Gasteiger partial charge in [0.05, 0.1) is 17.7 Å². The number of carbonyl (C=O) groups excluding carboxylic acids is 1. The van der Waals surface area contributed by atoms with Crippen LogP contribution in [-0.2, 0) is 4.74 Å². The minimum Gasteiger partial charge on any atom is -0.465 e. The lowest BCUT2D eigenvalue weighted by molar-refractivity contribution is 0.0600. The van der Waals surface area contributed by atoms with Gasteiger partial charge in [-0.2, -0.15) is 0 Å². The SMILES string of the molecule is COC(=O)c1c(Cl)cc(C)cc1Br. The molecule has 0 aliphatic carbocycles. The van der Waals surface area contributed by atoms with Gasteiger partial charge in [0.25, 0.3) is 0 Å². The van der Waals surface area contributed by atoms with Crippen LogP contribution in [0.25, 0.3) is 0 Å². The van der Waals surface area contributed by atoms with Gasteiger partial charge in [-0.3, -0.25) is 0 Å². The minimum absolute atomic E-state index is 0.370. The molecule has 0 radical (unpaired) electrons. The molecule has 4 heteroatoms. The number of halogens is 2. The topological polar surface area (TPSA) is 26.3 Å². The van der Waals surface area contributed by atoms with Crippen LogP contribution in [0.4, 0.5) is 0 Å². The van der Waals surface area contributed by atoms with Crippen LogP contribution in [0.2, 0.25) is 5.02 Å². The van der Waals surface area contributed by atoms with Crippen LogP contribution in [-0.4, -0.2) is 13.1 Å². The van der Waals surface area contributed by atoms with Crippen molar-refractivity contribution in [1.29, 1.82) is 0 Å². The second kappa shape index (κ2) is 4.11. The predicted molar refractivity (Wildman–Crippen MR) is 55.2 cm³/mol. The van der Waals surface area contributed by atoms with Gasteiger partial charge in [-0.05, 0) is 40.5 Å². The Morgan fingerprint density at radius 1 is 1.54 bits per heavy atom. The van der Waals surface area contributed by atoms with Crippen LogP contribution >= 0.6 is 27.5 Å². The smallest absolute Gasteiger partial charge is 0.340 e. The van der Waals surface area contributed by atoms with Gasteiger partial charge < -0.3 is 4.74 Å². The van der Waals surface area contributed by atoms with Gasteiger partial charge >= 0.3 is 5.97 Å². The van der Waals surface area contributed by atoms with Gasteiger partial charge in [-0.25, -0.2) is 4.79 Å². The normalized spacial score (nSPS) is 9.85. The number of hydrogen-bond donors (Lipinski definition) is 0. The van der Waals surface area contributed by atoms with E-state index in [2.05, 4.69) is 20.7 Å². The van der Waals surface area contributed by atoms with Crippen LogP contribution in [0.1, 0.15) is 15.9 Å². The zero-order valence-corrected chi connectivity index (χ0v) is 9.57. The summed E-state index contributed by atoms with van der Waals surface area (Å²) in [4.78, 5) is 11.2. The molecule has 0 bridgehead atoms. The molecule has 0 aliphatic rings. The fraction of sp³-hybridized carbons (Fsp3) is 0.222. The second-order valence-electron chi connectivity index (χ2n) is 2.60. The van der Waals surface area contributed by atoms with Crippen molar-refractivity contribution in [3.63, 3.8) is 0 Å². The van der Waals surface area contributed by atoms with E-state index in [0.29, 0.717) is 15.1 Å². The summed E-state index contributed by atoms with van der Waals surface area (Å²) in [6.07, 6.45) is 0. The Labute approximate surface area is 90.0 Å². The van der Waals surface area contributed by atoms with Crippen molar-refractivity contribution in [2.75, 3.05) is 7.11 Å². The van der Waals surface area contributed by atoms with E-state index < -0.39 is 5.97 Å². The zero-order chi connectivity index (χ0) is 10.0. The highest BCUT2D eigenvalue weighted by molar-refractivity contribution is 9.10. The molecule has 1 aromatic carbocycles. The lowest BCUT2D eigenvalue weighted by atomic mass is 10.1. The number of esters is 1. The Bertz CT molecular complexity index is 326. The molecule has 0 aliphatic heterocycles. The standard InChI is InChI=1S/C9H8BrClO2/c1-5-3-6(10)8(7(11)4-5)9(12)13-2/h3-4H,1-2H3. The molecule has 0 N–H and O–H groups in total. The van der Waals surface area contributed by atoms with Crippen molar-refractivity contribution in [3.8, 4) is 0 Å². The molecule has 13 heavy (non-hydrogen) atoms. The summed E-state index contributed by atoms with van der Waals surface area (Å²) < 4.78 is 5.24. The molecule has 0 saturated carbocycles. The first-order valence-electron chi connectivity index (χ1n) is 3.60. The van der Waals surface area contributed by atoms with Gasteiger partial charge in [-0.15, -0.1) is 0 Å². The average Bonchev–Trinajstić information content (AvgIpc) is 2.02. The van der Waals surface area contributed by atoms with E-state index in [1.807, 2.05) is 13.0 Å². The fourth-order valence-corrected chi connectivity index (χ4v) is 2.20. The zero-order valence-electron chi connectivity index (χ0n) is 7.23. The monoisotopic (exact) mass is 262 g/mol. The molecule has 0 fully saturated rings. The summed E-state index contributed by atoms with van der Waals surface area (Å²) in [7, 11) is 1.32. The summed E-state index contributed by atoms with van der Waals surface area (Å²) in [5.41, 5.74) is 1.36. The highest BCUT2D eigenvalue weighted by atomic mass is 79.9. The first-order chi connectivity index (χ1) is 6.06. The van der Waals surface area contributed by atoms with Crippen LogP contribution in [0.5, 0.6) is 0 Å². The number of carbonyl (C=O) groups is 1. The molecule has 0 amide bonds. The fourth-order valence-electron chi connectivity index (χ4n) is 0.997. The number of hydrogen-bond acceptors (Lipinski definition) is 2. The van der Waals surface area contributed by atoms with E-state index in [1.54, 1.807) is 6.07 Å². The van der Waals surface area contributed by atoms with Crippen molar-refractivity contribution >= 4 is 33.5 Å². The first kappa shape index (κ1) is 10.5. The Morgan fingerprint density at radius 3 is 2.62 bits per heavy atom. The maximum absolute atomic E-state index is 11.2. The van der Waals surface area contributed by atoms with Gasteiger partial charge in [0.2, 0.25) is 0 Å². The number of rotatable bonds is 1.